The van der Waals surface area contributed by atoms with Gasteiger partial charge in [0.25, 0.3) is 0 Å². The van der Waals surface area contributed by atoms with Crippen LogP contribution in [-0.2, 0) is 10.0 Å². The van der Waals surface area contributed by atoms with Crippen molar-refractivity contribution in [2.45, 2.75) is 4.90 Å². The third-order valence-electron chi connectivity index (χ3n) is 1.54. The van der Waals surface area contributed by atoms with Crippen molar-refractivity contribution >= 4 is 15.7 Å². The second kappa shape index (κ2) is 3.31. The first-order valence-electron chi connectivity index (χ1n) is 3.45. The second-order valence-electron chi connectivity index (χ2n) is 2.44. The van der Waals surface area contributed by atoms with Crippen molar-refractivity contribution in [3.05, 3.63) is 24.0 Å². The molecule has 0 amide bonds. The Morgan fingerprint density at radius 1 is 1.46 bits per heavy atom. The van der Waals surface area contributed by atoms with Crippen LogP contribution in [0.25, 0.3) is 0 Å². The molecule has 0 radical (unpaired) electrons. The van der Waals surface area contributed by atoms with Crippen LogP contribution in [0.4, 0.5) is 10.1 Å². The van der Waals surface area contributed by atoms with E-state index in [0.717, 1.165) is 6.07 Å². The molecule has 72 valence electrons. The van der Waals surface area contributed by atoms with Crippen LogP contribution >= 0.6 is 0 Å². The number of primary sulfonamides is 1. The minimum absolute atomic E-state index is 0.229. The van der Waals surface area contributed by atoms with Gasteiger partial charge in [0, 0.05) is 7.05 Å². The van der Waals surface area contributed by atoms with E-state index in [1.54, 1.807) is 0 Å². The van der Waals surface area contributed by atoms with Crippen molar-refractivity contribution in [2.75, 3.05) is 12.4 Å². The quantitative estimate of drug-likeness (QED) is 0.737. The van der Waals surface area contributed by atoms with Crippen LogP contribution in [0.1, 0.15) is 0 Å². The predicted molar refractivity (Wildman–Crippen MR) is 47.3 cm³/mol. The van der Waals surface area contributed by atoms with Crippen molar-refractivity contribution in [1.29, 1.82) is 0 Å². The minimum Gasteiger partial charge on any atom is -0.386 e. The zero-order valence-corrected chi connectivity index (χ0v) is 7.73. The van der Waals surface area contributed by atoms with Crippen LogP contribution in [0, 0.1) is 5.82 Å². The Kier molecular flexibility index (Phi) is 2.53. The molecule has 0 heterocycles. The molecular formula is C7H9FN2O2S. The molecule has 1 aromatic carbocycles. The number of nitrogens with two attached hydrogens (primary N) is 1. The van der Waals surface area contributed by atoms with Crippen molar-refractivity contribution in [3.63, 3.8) is 0 Å². The van der Waals surface area contributed by atoms with Crippen LogP contribution in [0.2, 0.25) is 0 Å². The van der Waals surface area contributed by atoms with Gasteiger partial charge in [-0.3, -0.25) is 0 Å². The molecule has 0 atom stereocenters. The maximum absolute atomic E-state index is 13.0. The summed E-state index contributed by atoms with van der Waals surface area (Å²) in [6.07, 6.45) is 0. The number of hydrogen-bond acceptors (Lipinski definition) is 3. The summed E-state index contributed by atoms with van der Waals surface area (Å²) in [7, 11) is -2.28. The summed E-state index contributed by atoms with van der Waals surface area (Å²) >= 11 is 0. The molecule has 0 saturated carbocycles. The van der Waals surface area contributed by atoms with E-state index < -0.39 is 15.8 Å². The average Bonchev–Trinajstić information content (AvgIpc) is 2.02. The lowest BCUT2D eigenvalue weighted by Gasteiger charge is -2.03. The number of nitrogens with one attached hydrogen (secondary N) is 1. The fraction of sp³-hybridized carbons (Fsp3) is 0.143. The lowest BCUT2D eigenvalue weighted by atomic mass is 10.3. The van der Waals surface area contributed by atoms with Gasteiger partial charge in [0.05, 0.1) is 10.6 Å². The highest BCUT2D eigenvalue weighted by atomic mass is 32.2. The summed E-state index contributed by atoms with van der Waals surface area (Å²) in [5.74, 6) is -0.644. The first-order valence-corrected chi connectivity index (χ1v) is 5.00. The molecular weight excluding hydrogens is 195 g/mol. The first-order chi connectivity index (χ1) is 5.95. The summed E-state index contributed by atoms with van der Waals surface area (Å²) < 4.78 is 34.5. The van der Waals surface area contributed by atoms with Gasteiger partial charge in [0.15, 0.2) is 0 Å². The van der Waals surface area contributed by atoms with Gasteiger partial charge in [0.2, 0.25) is 10.0 Å². The van der Waals surface area contributed by atoms with Gasteiger partial charge in [0.1, 0.15) is 5.82 Å². The molecule has 13 heavy (non-hydrogen) atoms. The van der Waals surface area contributed by atoms with E-state index in [1.165, 1.54) is 19.2 Å². The minimum atomic E-state index is -3.82. The Balaban J connectivity index is 3.26. The van der Waals surface area contributed by atoms with Crippen molar-refractivity contribution in [1.82, 2.24) is 0 Å². The van der Waals surface area contributed by atoms with Gasteiger partial charge >= 0.3 is 0 Å². The monoisotopic (exact) mass is 204 g/mol. The number of anilines is 1. The van der Waals surface area contributed by atoms with E-state index in [-0.39, 0.29) is 10.6 Å². The molecule has 1 aromatic rings. The summed E-state index contributed by atoms with van der Waals surface area (Å²) in [4.78, 5) is -0.232. The Bertz CT molecular complexity index is 417. The van der Waals surface area contributed by atoms with Crippen molar-refractivity contribution in [2.24, 2.45) is 5.14 Å². The average molecular weight is 204 g/mol. The molecule has 0 spiro atoms. The molecule has 1 rings (SSSR count). The molecule has 0 unspecified atom stereocenters. The third-order valence-corrected chi connectivity index (χ3v) is 2.45. The lowest BCUT2D eigenvalue weighted by Crippen LogP contribution is -2.12. The third kappa shape index (κ3) is 2.16. The number of sulfonamides is 1. The summed E-state index contributed by atoms with van der Waals surface area (Å²) in [5, 5.41) is 7.37. The molecule has 0 fully saturated rings. The topological polar surface area (TPSA) is 72.2 Å². The highest BCUT2D eigenvalue weighted by Gasteiger charge is 2.10. The zero-order valence-electron chi connectivity index (χ0n) is 6.91. The number of rotatable bonds is 2. The highest BCUT2D eigenvalue weighted by molar-refractivity contribution is 7.89. The largest absolute Gasteiger partial charge is 0.386 e. The standard InChI is InChI=1S/C7H9FN2O2S/c1-10-7-3-2-5(4-6(7)8)13(9,11)12/h2-4,10H,1H3,(H2,9,11,12). The van der Waals surface area contributed by atoms with Crippen LogP contribution < -0.4 is 10.5 Å². The molecule has 0 aromatic heterocycles. The van der Waals surface area contributed by atoms with Crippen LogP contribution in [0.15, 0.2) is 23.1 Å². The van der Waals surface area contributed by atoms with E-state index in [4.69, 9.17) is 5.14 Å². The Hall–Kier alpha value is -1.14. The van der Waals surface area contributed by atoms with E-state index in [9.17, 15) is 12.8 Å². The first kappa shape index (κ1) is 9.94. The fourth-order valence-corrected chi connectivity index (χ4v) is 1.40. The molecule has 0 saturated heterocycles. The maximum atomic E-state index is 13.0. The fourth-order valence-electron chi connectivity index (χ4n) is 0.876. The molecule has 6 heteroatoms. The van der Waals surface area contributed by atoms with Gasteiger partial charge in [-0.2, -0.15) is 0 Å². The van der Waals surface area contributed by atoms with Crippen LogP contribution in [0.3, 0.4) is 0 Å². The molecule has 0 bridgehead atoms. The summed E-state index contributed by atoms with van der Waals surface area (Å²) in [6.45, 7) is 0. The normalized spacial score (nSPS) is 11.3. The second-order valence-corrected chi connectivity index (χ2v) is 4.00. The molecule has 4 nitrogen and oxygen atoms in total. The lowest BCUT2D eigenvalue weighted by molar-refractivity contribution is 0.593. The molecule has 0 aliphatic rings. The van der Waals surface area contributed by atoms with Crippen molar-refractivity contribution in [3.8, 4) is 0 Å². The van der Waals surface area contributed by atoms with Gasteiger partial charge in [-0.25, -0.2) is 17.9 Å². The molecule has 3 N–H and O–H groups in total. The van der Waals surface area contributed by atoms with Crippen molar-refractivity contribution < 1.29 is 12.8 Å². The van der Waals surface area contributed by atoms with E-state index in [0.29, 0.717) is 0 Å². The zero-order chi connectivity index (χ0) is 10.1. The van der Waals surface area contributed by atoms with Gasteiger partial charge < -0.3 is 5.32 Å². The Morgan fingerprint density at radius 2 is 2.08 bits per heavy atom. The van der Waals surface area contributed by atoms with Crippen LogP contribution in [-0.4, -0.2) is 15.5 Å². The van der Waals surface area contributed by atoms with Gasteiger partial charge in [-0.05, 0) is 18.2 Å². The maximum Gasteiger partial charge on any atom is 0.238 e. The van der Waals surface area contributed by atoms with Gasteiger partial charge in [-0.15, -0.1) is 0 Å². The number of hydrogen-bond donors (Lipinski definition) is 2. The summed E-state index contributed by atoms with van der Waals surface area (Å²) in [6, 6.07) is 3.43. The van der Waals surface area contributed by atoms with E-state index in [1.807, 2.05) is 0 Å². The Labute approximate surface area is 75.6 Å². The summed E-state index contributed by atoms with van der Waals surface area (Å²) in [5.41, 5.74) is 0.229. The van der Waals surface area contributed by atoms with Crippen LogP contribution in [0.5, 0.6) is 0 Å². The Morgan fingerprint density at radius 3 is 2.46 bits per heavy atom. The molecule has 0 aliphatic carbocycles. The number of halogens is 1. The highest BCUT2D eigenvalue weighted by Crippen LogP contribution is 2.17. The van der Waals surface area contributed by atoms with E-state index in [2.05, 4.69) is 5.32 Å². The smallest absolute Gasteiger partial charge is 0.238 e. The molecule has 0 aliphatic heterocycles. The number of benzene rings is 1. The van der Waals surface area contributed by atoms with E-state index >= 15 is 0 Å². The predicted octanol–water partition coefficient (Wildman–Crippen LogP) is 0.515. The SMILES string of the molecule is CNc1ccc(S(N)(=O)=O)cc1F. The van der Waals surface area contributed by atoms with Gasteiger partial charge in [-0.1, -0.05) is 0 Å².